The number of urea groups is 1. The highest BCUT2D eigenvalue weighted by molar-refractivity contribution is 7.22. The monoisotopic (exact) mass is 648 g/mol. The van der Waals surface area contributed by atoms with Crippen LogP contribution in [0.25, 0.3) is 10.2 Å². The number of piperazine rings is 1. The third-order valence-electron chi connectivity index (χ3n) is 7.65. The number of anilines is 1. The molecule has 2 aliphatic rings. The first-order chi connectivity index (χ1) is 21.2. The second kappa shape index (κ2) is 12.3. The molecule has 0 saturated carbocycles. The van der Waals surface area contributed by atoms with Gasteiger partial charge >= 0.3 is 6.03 Å². The average Bonchev–Trinajstić information content (AvgIpc) is 3.56. The van der Waals surface area contributed by atoms with Gasteiger partial charge in [-0.2, -0.15) is 10.3 Å². The highest BCUT2D eigenvalue weighted by atomic mass is 35.5. The lowest BCUT2D eigenvalue weighted by Gasteiger charge is -2.46. The van der Waals surface area contributed by atoms with E-state index in [0.717, 1.165) is 10.3 Å². The Balaban J connectivity index is 1.32. The van der Waals surface area contributed by atoms with Crippen LogP contribution in [0.3, 0.4) is 0 Å². The number of thiazole rings is 1. The van der Waals surface area contributed by atoms with Crippen LogP contribution in [-0.2, 0) is 22.7 Å². The molecule has 3 aromatic carbocycles. The number of aromatic nitrogens is 1. The predicted molar refractivity (Wildman–Crippen MR) is 167 cm³/mol. The van der Waals surface area contributed by atoms with Gasteiger partial charge in [-0.1, -0.05) is 83.1 Å². The first-order valence-electron chi connectivity index (χ1n) is 13.7. The maximum atomic E-state index is 14.1. The van der Waals surface area contributed by atoms with Gasteiger partial charge < -0.3 is 20.9 Å². The number of nitrogens with zero attached hydrogens (tertiary/aromatic N) is 6. The Morgan fingerprint density at radius 3 is 2.66 bits per heavy atom. The molecule has 3 heterocycles. The number of para-hydroxylation sites is 1. The quantitative estimate of drug-likeness (QED) is 0.283. The minimum absolute atomic E-state index is 0.103. The number of hydrazine groups is 1. The number of nitrogens with two attached hydrogens (primary N) is 1. The largest absolute Gasteiger partial charge is 0.375 e. The Bertz CT molecular complexity index is 1800. The van der Waals surface area contributed by atoms with Crippen molar-refractivity contribution in [2.75, 3.05) is 25.4 Å². The van der Waals surface area contributed by atoms with Crippen LogP contribution in [0.1, 0.15) is 22.7 Å². The van der Waals surface area contributed by atoms with Crippen molar-refractivity contribution in [3.8, 4) is 6.07 Å². The number of nitriles is 1. The van der Waals surface area contributed by atoms with Gasteiger partial charge in [-0.15, -0.1) is 0 Å². The zero-order chi connectivity index (χ0) is 31.0. The average molecular weight is 650 g/mol. The van der Waals surface area contributed by atoms with E-state index >= 15 is 0 Å². The van der Waals surface area contributed by atoms with E-state index in [0.29, 0.717) is 31.8 Å². The zero-order valence-electron chi connectivity index (χ0n) is 23.2. The van der Waals surface area contributed by atoms with E-state index in [-0.39, 0.29) is 44.5 Å². The van der Waals surface area contributed by atoms with Crippen molar-refractivity contribution in [2.45, 2.75) is 25.3 Å². The molecule has 3 N–H and O–H groups in total. The number of fused-ring (bicyclic) bond motifs is 2. The molecule has 0 unspecified atom stereocenters. The number of rotatable bonds is 7. The number of amides is 4. The van der Waals surface area contributed by atoms with E-state index in [1.165, 1.54) is 21.2 Å². The number of benzene rings is 3. The number of nitrogens with one attached hydrogen (secondary N) is 1. The number of nitrogen functional groups attached to an aromatic ring is 1. The van der Waals surface area contributed by atoms with Crippen molar-refractivity contribution in [1.29, 1.82) is 5.26 Å². The molecular formula is C30H26Cl2N8O3S. The summed E-state index contributed by atoms with van der Waals surface area (Å²) < 4.78 is 0.905. The molecule has 44 heavy (non-hydrogen) atoms. The summed E-state index contributed by atoms with van der Waals surface area (Å²) >= 11 is 13.5. The fraction of sp³-hybridized carbons (Fsp3) is 0.233. The van der Waals surface area contributed by atoms with Crippen molar-refractivity contribution < 1.29 is 14.4 Å². The molecular weight excluding hydrogens is 623 g/mol. The minimum Gasteiger partial charge on any atom is -0.375 e. The van der Waals surface area contributed by atoms with Crippen molar-refractivity contribution in [3.63, 3.8) is 0 Å². The summed E-state index contributed by atoms with van der Waals surface area (Å²) in [7, 11) is 0. The van der Waals surface area contributed by atoms with Crippen LogP contribution >= 0.6 is 34.5 Å². The molecule has 0 bridgehead atoms. The summed E-state index contributed by atoms with van der Waals surface area (Å²) in [4.78, 5) is 48.9. The molecule has 11 nitrogen and oxygen atoms in total. The maximum absolute atomic E-state index is 14.1. The molecule has 6 rings (SSSR count). The second-order valence-corrected chi connectivity index (χ2v) is 12.2. The van der Waals surface area contributed by atoms with Gasteiger partial charge in [0.25, 0.3) is 5.91 Å². The van der Waals surface area contributed by atoms with E-state index in [4.69, 9.17) is 28.9 Å². The van der Waals surface area contributed by atoms with Crippen molar-refractivity contribution in [3.05, 3.63) is 93.5 Å². The summed E-state index contributed by atoms with van der Waals surface area (Å²) in [6.07, 6.45) is -0.714. The highest BCUT2D eigenvalue weighted by Gasteiger charge is 2.52. The summed E-state index contributed by atoms with van der Waals surface area (Å²) in [5.41, 5.74) is 8.87. The van der Waals surface area contributed by atoms with Crippen LogP contribution in [-0.4, -0.2) is 68.4 Å². The fourth-order valence-electron chi connectivity index (χ4n) is 5.66. The molecule has 0 radical (unpaired) electrons. The number of hydrogen-bond donors (Lipinski definition) is 2. The van der Waals surface area contributed by atoms with Gasteiger partial charge in [-0.05, 0) is 34.9 Å². The molecule has 224 valence electrons. The van der Waals surface area contributed by atoms with Crippen LogP contribution in [0.15, 0.2) is 66.7 Å². The Kier molecular flexibility index (Phi) is 8.29. The molecule has 2 atom stereocenters. The molecule has 14 heteroatoms. The Morgan fingerprint density at radius 2 is 1.91 bits per heavy atom. The Hall–Kier alpha value is -4.41. The first-order valence-corrected chi connectivity index (χ1v) is 15.2. The van der Waals surface area contributed by atoms with E-state index in [2.05, 4.69) is 10.3 Å². The van der Waals surface area contributed by atoms with Gasteiger partial charge in [0.15, 0.2) is 5.13 Å². The fourth-order valence-corrected chi connectivity index (χ4v) is 6.76. The summed E-state index contributed by atoms with van der Waals surface area (Å²) in [5, 5.41) is 16.4. The molecule has 4 aromatic rings. The highest BCUT2D eigenvalue weighted by Crippen LogP contribution is 2.37. The SMILES string of the molecule is N#CCN(C(=O)NCc1ccc(Cl)c(Cl)c1)N1CC(=O)N2[C@@H](c3ccccc3)C(=O)N(Cc3cccc4sc(N)nc34)C[C@@H]21. The van der Waals surface area contributed by atoms with Crippen LogP contribution in [0.4, 0.5) is 9.93 Å². The Morgan fingerprint density at radius 1 is 1.11 bits per heavy atom. The van der Waals surface area contributed by atoms with Gasteiger partial charge in [-0.25, -0.2) is 14.8 Å². The summed E-state index contributed by atoms with van der Waals surface area (Å²) in [5.74, 6) is -0.579. The second-order valence-electron chi connectivity index (χ2n) is 10.4. The van der Waals surface area contributed by atoms with Crippen molar-refractivity contribution in [1.82, 2.24) is 30.1 Å². The number of carbonyl (C=O) groups is 3. The van der Waals surface area contributed by atoms with Gasteiger partial charge in [-0.3, -0.25) is 9.59 Å². The molecule has 1 aromatic heterocycles. The first kappa shape index (κ1) is 29.7. The lowest BCUT2D eigenvalue weighted by molar-refractivity contribution is -0.158. The molecule has 0 aliphatic carbocycles. The third-order valence-corrected chi connectivity index (χ3v) is 9.23. The molecule has 2 saturated heterocycles. The van der Waals surface area contributed by atoms with Crippen LogP contribution in [0.5, 0.6) is 0 Å². The Labute approximate surface area is 266 Å². The minimum atomic E-state index is -0.921. The van der Waals surface area contributed by atoms with Gasteiger partial charge in [0.1, 0.15) is 18.8 Å². The molecule has 0 spiro atoms. The standard InChI is InChI=1S/C30H26Cl2N8O3S/c31-21-10-9-18(13-22(21)32)14-35-30(43)38(12-11-33)39-17-25(41)40-24(39)16-37(28(42)27(40)19-5-2-1-3-6-19)15-20-7-4-8-23-26(20)36-29(34)44-23/h1-10,13,24,27H,12,14-17H2,(H2,34,36)(H,35,43)/t24-,27+/m1/s1. The lowest BCUT2D eigenvalue weighted by atomic mass is 10.00. The van der Waals surface area contributed by atoms with E-state index in [1.807, 2.05) is 42.5 Å². The third kappa shape index (κ3) is 5.62. The number of carbonyl (C=O) groups excluding carboxylic acids is 3. The van der Waals surface area contributed by atoms with Gasteiger partial charge in [0.05, 0.1) is 39.4 Å². The zero-order valence-corrected chi connectivity index (χ0v) is 25.5. The summed E-state index contributed by atoms with van der Waals surface area (Å²) in [6.45, 7) is -0.0596. The number of hydrogen-bond acceptors (Lipinski definition) is 8. The van der Waals surface area contributed by atoms with Crippen LogP contribution < -0.4 is 11.1 Å². The van der Waals surface area contributed by atoms with E-state index < -0.39 is 18.2 Å². The van der Waals surface area contributed by atoms with Crippen molar-refractivity contribution >= 4 is 67.7 Å². The van der Waals surface area contributed by atoms with E-state index in [9.17, 15) is 19.6 Å². The lowest BCUT2D eigenvalue weighted by Crippen LogP contribution is -2.62. The van der Waals surface area contributed by atoms with Crippen molar-refractivity contribution in [2.24, 2.45) is 0 Å². The van der Waals surface area contributed by atoms with Crippen LogP contribution in [0, 0.1) is 11.3 Å². The van der Waals surface area contributed by atoms with E-state index in [1.54, 1.807) is 40.2 Å². The molecule has 2 fully saturated rings. The number of halogens is 2. The molecule has 4 amide bonds. The molecule has 2 aliphatic heterocycles. The predicted octanol–water partition coefficient (Wildman–Crippen LogP) is 4.39. The smallest absolute Gasteiger partial charge is 0.333 e. The maximum Gasteiger partial charge on any atom is 0.333 e. The summed E-state index contributed by atoms with van der Waals surface area (Å²) in [6, 6.07) is 20.3. The van der Waals surface area contributed by atoms with Gasteiger partial charge in [0.2, 0.25) is 5.91 Å². The van der Waals surface area contributed by atoms with Gasteiger partial charge in [0, 0.05) is 13.1 Å². The topological polar surface area (TPSA) is 139 Å². The normalized spacial score (nSPS) is 18.4. The van der Waals surface area contributed by atoms with Crippen LogP contribution in [0.2, 0.25) is 10.0 Å².